The van der Waals surface area contributed by atoms with Crippen LogP contribution in [0.2, 0.25) is 0 Å². The molecular weight excluding hydrogens is 282 g/mol. The van der Waals surface area contributed by atoms with Gasteiger partial charge in [-0.3, -0.25) is 0 Å². The second kappa shape index (κ2) is 5.14. The van der Waals surface area contributed by atoms with Crippen molar-refractivity contribution in [2.45, 2.75) is 70.9 Å². The van der Waals surface area contributed by atoms with Gasteiger partial charge in [0.05, 0.1) is 0 Å². The molecular formula is C17H27NO4. The van der Waals surface area contributed by atoms with Crippen LogP contribution in [-0.2, 0) is 9.53 Å². The fourth-order valence-corrected chi connectivity index (χ4v) is 5.43. The third kappa shape index (κ3) is 2.95. The summed E-state index contributed by atoms with van der Waals surface area (Å²) in [6.45, 7) is 5.35. The summed E-state index contributed by atoms with van der Waals surface area (Å²) in [5, 5.41) is 12.4. The van der Waals surface area contributed by atoms with Gasteiger partial charge < -0.3 is 15.2 Å². The van der Waals surface area contributed by atoms with Crippen LogP contribution in [0.25, 0.3) is 0 Å². The minimum atomic E-state index is -0.923. The zero-order valence-electron chi connectivity index (χ0n) is 13.7. The van der Waals surface area contributed by atoms with E-state index in [1.807, 2.05) is 0 Å². The summed E-state index contributed by atoms with van der Waals surface area (Å²) < 4.78 is 5.27. The monoisotopic (exact) mass is 309 g/mol. The third-order valence-electron chi connectivity index (χ3n) is 5.61. The van der Waals surface area contributed by atoms with Gasteiger partial charge in [-0.2, -0.15) is 0 Å². The molecule has 124 valence electrons. The van der Waals surface area contributed by atoms with Crippen molar-refractivity contribution >= 4 is 12.1 Å². The van der Waals surface area contributed by atoms with E-state index in [1.165, 1.54) is 19.3 Å². The van der Waals surface area contributed by atoms with Crippen LogP contribution in [0.5, 0.6) is 0 Å². The highest BCUT2D eigenvalue weighted by Gasteiger charge is 2.56. The SMILES string of the molecule is CC(C)(C)OC(=O)N[C@H](C(=O)O)C12CC3CC(CC(C3)C1)C2. The zero-order chi connectivity index (χ0) is 16.1. The number of alkyl carbamates (subject to hydrolysis) is 1. The molecule has 0 aromatic carbocycles. The average molecular weight is 309 g/mol. The fraction of sp³-hybridized carbons (Fsp3) is 0.882. The number of carbonyl (C=O) groups excluding carboxylic acids is 1. The van der Waals surface area contributed by atoms with Crippen molar-refractivity contribution in [3.05, 3.63) is 0 Å². The molecule has 0 heterocycles. The van der Waals surface area contributed by atoms with E-state index in [-0.39, 0.29) is 5.41 Å². The molecule has 0 aromatic rings. The summed E-state index contributed by atoms with van der Waals surface area (Å²) in [6, 6.07) is -0.823. The van der Waals surface area contributed by atoms with Crippen molar-refractivity contribution in [3.8, 4) is 0 Å². The van der Waals surface area contributed by atoms with Crippen LogP contribution < -0.4 is 5.32 Å². The summed E-state index contributed by atoms with van der Waals surface area (Å²) in [5.74, 6) is 1.02. The highest BCUT2D eigenvalue weighted by molar-refractivity contribution is 5.81. The maximum absolute atomic E-state index is 12.1. The summed E-state index contributed by atoms with van der Waals surface area (Å²) in [7, 11) is 0. The minimum absolute atomic E-state index is 0.266. The molecule has 5 nitrogen and oxygen atoms in total. The molecule has 0 saturated heterocycles. The van der Waals surface area contributed by atoms with Gasteiger partial charge in [0.15, 0.2) is 0 Å². The molecule has 4 rings (SSSR count). The topological polar surface area (TPSA) is 75.6 Å². The Hall–Kier alpha value is -1.26. The highest BCUT2D eigenvalue weighted by atomic mass is 16.6. The van der Waals surface area contributed by atoms with Gasteiger partial charge >= 0.3 is 12.1 Å². The van der Waals surface area contributed by atoms with Crippen molar-refractivity contribution in [3.63, 3.8) is 0 Å². The molecule has 4 aliphatic carbocycles. The minimum Gasteiger partial charge on any atom is -0.480 e. The van der Waals surface area contributed by atoms with Gasteiger partial charge in [-0.15, -0.1) is 0 Å². The third-order valence-corrected chi connectivity index (χ3v) is 5.61. The molecule has 0 unspecified atom stereocenters. The lowest BCUT2D eigenvalue weighted by atomic mass is 9.47. The Kier molecular flexibility index (Phi) is 3.65. The quantitative estimate of drug-likeness (QED) is 0.839. The first kappa shape index (κ1) is 15.6. The summed E-state index contributed by atoms with van der Waals surface area (Å²) in [5.41, 5.74) is -0.883. The second-order valence-corrected chi connectivity index (χ2v) is 8.70. The lowest BCUT2D eigenvalue weighted by molar-refractivity contribution is -0.151. The van der Waals surface area contributed by atoms with Crippen LogP contribution in [0, 0.1) is 23.2 Å². The number of amides is 1. The maximum atomic E-state index is 12.1. The van der Waals surface area contributed by atoms with Gasteiger partial charge in [-0.25, -0.2) is 9.59 Å². The first-order chi connectivity index (χ1) is 10.2. The van der Waals surface area contributed by atoms with E-state index >= 15 is 0 Å². The van der Waals surface area contributed by atoms with Gasteiger partial charge in [0.1, 0.15) is 11.6 Å². The van der Waals surface area contributed by atoms with Gasteiger partial charge in [-0.05, 0) is 77.0 Å². The number of carboxylic acid groups (broad SMARTS) is 1. The van der Waals surface area contributed by atoms with Crippen molar-refractivity contribution in [1.82, 2.24) is 5.32 Å². The standard InChI is InChI=1S/C17H27NO4/c1-16(2,3)22-15(21)18-13(14(19)20)17-7-10-4-11(8-17)6-12(5-10)9-17/h10-13H,4-9H2,1-3H3,(H,18,21)(H,19,20)/t10?,11?,12?,13-,17?/m1/s1. The molecule has 4 saturated carbocycles. The van der Waals surface area contributed by atoms with Gasteiger partial charge in [0.25, 0.3) is 0 Å². The van der Waals surface area contributed by atoms with Gasteiger partial charge in [0.2, 0.25) is 0 Å². The number of ether oxygens (including phenoxy) is 1. The van der Waals surface area contributed by atoms with E-state index in [0.29, 0.717) is 17.8 Å². The Morgan fingerprint density at radius 1 is 1.09 bits per heavy atom. The molecule has 4 bridgehead atoms. The van der Waals surface area contributed by atoms with Crippen LogP contribution in [0.3, 0.4) is 0 Å². The highest BCUT2D eigenvalue weighted by Crippen LogP contribution is 2.61. The lowest BCUT2D eigenvalue weighted by Gasteiger charge is -2.58. The number of aliphatic carboxylic acids is 1. The molecule has 4 fully saturated rings. The maximum Gasteiger partial charge on any atom is 0.408 e. The summed E-state index contributed by atoms with van der Waals surface area (Å²) in [6.07, 6.45) is 5.94. The van der Waals surface area contributed by atoms with Crippen LogP contribution in [0.4, 0.5) is 4.79 Å². The lowest BCUT2D eigenvalue weighted by Crippen LogP contribution is -2.60. The van der Waals surface area contributed by atoms with Crippen molar-refractivity contribution in [1.29, 1.82) is 0 Å². The molecule has 0 aliphatic heterocycles. The number of hydrogen-bond acceptors (Lipinski definition) is 3. The molecule has 0 aromatic heterocycles. The Bertz CT molecular complexity index is 444. The number of carboxylic acids is 1. The van der Waals surface area contributed by atoms with Gasteiger partial charge in [-0.1, -0.05) is 0 Å². The Labute approximate surface area is 131 Å². The predicted octanol–water partition coefficient (Wildman–Crippen LogP) is 3.18. The molecule has 2 N–H and O–H groups in total. The Morgan fingerprint density at radius 3 is 1.91 bits per heavy atom. The van der Waals surface area contributed by atoms with Gasteiger partial charge in [0, 0.05) is 5.41 Å². The molecule has 1 amide bonds. The number of hydrogen-bond donors (Lipinski definition) is 2. The second-order valence-electron chi connectivity index (χ2n) is 8.70. The van der Waals surface area contributed by atoms with E-state index in [4.69, 9.17) is 4.74 Å². The summed E-state index contributed by atoms with van der Waals surface area (Å²) in [4.78, 5) is 23.9. The van der Waals surface area contributed by atoms with E-state index < -0.39 is 23.7 Å². The fourth-order valence-electron chi connectivity index (χ4n) is 5.43. The normalized spacial score (nSPS) is 37.7. The molecule has 22 heavy (non-hydrogen) atoms. The van der Waals surface area contributed by atoms with Crippen molar-refractivity contribution in [2.75, 3.05) is 0 Å². The van der Waals surface area contributed by atoms with Crippen LogP contribution >= 0.6 is 0 Å². The number of nitrogens with one attached hydrogen (secondary N) is 1. The average Bonchev–Trinajstić information content (AvgIpc) is 2.31. The Balaban J connectivity index is 1.77. The van der Waals surface area contributed by atoms with Crippen molar-refractivity contribution < 1.29 is 19.4 Å². The van der Waals surface area contributed by atoms with Crippen LogP contribution in [0.1, 0.15) is 59.3 Å². The van der Waals surface area contributed by atoms with E-state index in [0.717, 1.165) is 19.3 Å². The number of rotatable bonds is 3. The smallest absolute Gasteiger partial charge is 0.408 e. The molecule has 5 heteroatoms. The summed E-state index contributed by atoms with van der Waals surface area (Å²) >= 11 is 0. The molecule has 1 atom stereocenters. The van der Waals surface area contributed by atoms with Crippen molar-refractivity contribution in [2.24, 2.45) is 23.2 Å². The zero-order valence-corrected chi connectivity index (χ0v) is 13.7. The Morgan fingerprint density at radius 2 is 1.55 bits per heavy atom. The van der Waals surface area contributed by atoms with E-state index in [1.54, 1.807) is 20.8 Å². The molecule has 0 spiro atoms. The largest absolute Gasteiger partial charge is 0.480 e. The predicted molar refractivity (Wildman–Crippen MR) is 81.4 cm³/mol. The van der Waals surface area contributed by atoms with E-state index in [9.17, 15) is 14.7 Å². The molecule has 4 aliphatic rings. The van der Waals surface area contributed by atoms with Crippen LogP contribution in [-0.4, -0.2) is 28.8 Å². The van der Waals surface area contributed by atoms with Crippen LogP contribution in [0.15, 0.2) is 0 Å². The first-order valence-electron chi connectivity index (χ1n) is 8.39. The molecule has 0 radical (unpaired) electrons. The van der Waals surface area contributed by atoms with E-state index in [2.05, 4.69) is 5.32 Å². The number of carbonyl (C=O) groups is 2. The first-order valence-corrected chi connectivity index (χ1v) is 8.39.